The van der Waals surface area contributed by atoms with Gasteiger partial charge in [-0.15, -0.1) is 0 Å². The SMILES string of the molecule is CCC(=CC1(C)CC1)C(C(=O)Nc1ccc(C)cc1)C(C)C(=O)O. The number of aryl methyl sites for hydroxylation is 1. The number of amides is 1. The molecule has 0 bridgehead atoms. The van der Waals surface area contributed by atoms with Crippen LogP contribution in [0.25, 0.3) is 0 Å². The summed E-state index contributed by atoms with van der Waals surface area (Å²) in [4.78, 5) is 24.4. The highest BCUT2D eigenvalue weighted by Crippen LogP contribution is 2.48. The van der Waals surface area contributed by atoms with Gasteiger partial charge < -0.3 is 10.4 Å². The van der Waals surface area contributed by atoms with E-state index in [1.165, 1.54) is 0 Å². The number of anilines is 1. The maximum Gasteiger partial charge on any atom is 0.307 e. The second-order valence-corrected chi connectivity index (χ2v) is 7.19. The van der Waals surface area contributed by atoms with Crippen LogP contribution in [0.15, 0.2) is 35.9 Å². The molecule has 1 amide bonds. The largest absolute Gasteiger partial charge is 0.481 e. The molecule has 1 saturated carbocycles. The molecule has 1 fully saturated rings. The fraction of sp³-hybridized carbons (Fsp3) is 0.500. The van der Waals surface area contributed by atoms with E-state index in [4.69, 9.17) is 0 Å². The van der Waals surface area contributed by atoms with Crippen molar-refractivity contribution in [3.05, 3.63) is 41.5 Å². The number of aliphatic carboxylic acids is 1. The molecule has 0 aliphatic heterocycles. The van der Waals surface area contributed by atoms with Crippen LogP contribution < -0.4 is 5.32 Å². The predicted molar refractivity (Wildman–Crippen MR) is 95.8 cm³/mol. The standard InChI is InChI=1S/C20H27NO3/c1-5-15(12-20(4)10-11-20)17(14(3)19(23)24)18(22)21-16-8-6-13(2)7-9-16/h6-9,12,14,17H,5,10-11H2,1-4H3,(H,21,22)(H,23,24). The summed E-state index contributed by atoms with van der Waals surface area (Å²) in [6, 6.07) is 7.53. The van der Waals surface area contributed by atoms with Crippen LogP contribution in [0.3, 0.4) is 0 Å². The molecule has 0 heterocycles. The Balaban J connectivity index is 2.27. The molecule has 0 radical (unpaired) electrons. The number of carbonyl (C=O) groups is 2. The van der Waals surface area contributed by atoms with Crippen LogP contribution in [0.1, 0.15) is 45.6 Å². The number of rotatable bonds is 7. The molecule has 1 aliphatic carbocycles. The fourth-order valence-corrected chi connectivity index (χ4v) is 2.92. The van der Waals surface area contributed by atoms with Crippen molar-refractivity contribution < 1.29 is 14.7 Å². The highest BCUT2D eigenvalue weighted by atomic mass is 16.4. The van der Waals surface area contributed by atoms with Crippen molar-refractivity contribution in [2.45, 2.75) is 47.0 Å². The van der Waals surface area contributed by atoms with E-state index < -0.39 is 17.8 Å². The zero-order chi connectivity index (χ0) is 17.9. The first-order valence-corrected chi connectivity index (χ1v) is 8.58. The summed E-state index contributed by atoms with van der Waals surface area (Å²) in [5.41, 5.74) is 2.86. The maximum absolute atomic E-state index is 12.8. The summed E-state index contributed by atoms with van der Waals surface area (Å²) in [6.07, 6.45) is 5.01. The number of carboxylic acid groups (broad SMARTS) is 1. The second-order valence-electron chi connectivity index (χ2n) is 7.19. The van der Waals surface area contributed by atoms with Crippen LogP contribution >= 0.6 is 0 Å². The van der Waals surface area contributed by atoms with Gasteiger partial charge in [0.1, 0.15) is 0 Å². The molecule has 0 spiro atoms. The maximum atomic E-state index is 12.8. The summed E-state index contributed by atoms with van der Waals surface area (Å²) in [5, 5.41) is 12.3. The van der Waals surface area contributed by atoms with E-state index in [2.05, 4.69) is 18.3 Å². The number of carboxylic acids is 1. The molecule has 2 unspecified atom stereocenters. The monoisotopic (exact) mass is 329 g/mol. The van der Waals surface area contributed by atoms with E-state index in [0.717, 1.165) is 24.0 Å². The van der Waals surface area contributed by atoms with Gasteiger partial charge in [-0.1, -0.05) is 50.1 Å². The van der Waals surface area contributed by atoms with E-state index in [9.17, 15) is 14.7 Å². The third-order valence-corrected chi connectivity index (χ3v) is 4.87. The van der Waals surface area contributed by atoms with Gasteiger partial charge >= 0.3 is 5.97 Å². The number of hydrogen-bond donors (Lipinski definition) is 2. The van der Waals surface area contributed by atoms with Crippen LogP contribution in [0.5, 0.6) is 0 Å². The molecule has 4 heteroatoms. The van der Waals surface area contributed by atoms with E-state index in [1.54, 1.807) is 6.92 Å². The molecule has 1 aromatic carbocycles. The molecule has 2 atom stereocenters. The lowest BCUT2D eigenvalue weighted by molar-refractivity contribution is -0.144. The lowest BCUT2D eigenvalue weighted by atomic mass is 9.82. The minimum Gasteiger partial charge on any atom is -0.481 e. The number of allylic oxidation sites excluding steroid dienone is 1. The van der Waals surface area contributed by atoms with Gasteiger partial charge in [-0.05, 0) is 43.7 Å². The Hall–Kier alpha value is -2.10. The Morgan fingerprint density at radius 1 is 1.29 bits per heavy atom. The lowest BCUT2D eigenvalue weighted by Crippen LogP contribution is -2.34. The zero-order valence-electron chi connectivity index (χ0n) is 14.9. The van der Waals surface area contributed by atoms with Crippen molar-refractivity contribution in [1.29, 1.82) is 0 Å². The smallest absolute Gasteiger partial charge is 0.307 e. The molecule has 130 valence electrons. The summed E-state index contributed by atoms with van der Waals surface area (Å²) in [5.74, 6) is -2.60. The van der Waals surface area contributed by atoms with Crippen LogP contribution in [0, 0.1) is 24.2 Å². The number of nitrogens with one attached hydrogen (secondary N) is 1. The van der Waals surface area contributed by atoms with Gasteiger partial charge in [0.05, 0.1) is 11.8 Å². The summed E-state index contributed by atoms with van der Waals surface area (Å²) in [6.45, 7) is 7.73. The molecule has 2 N–H and O–H groups in total. The van der Waals surface area contributed by atoms with Crippen molar-refractivity contribution in [3.63, 3.8) is 0 Å². The van der Waals surface area contributed by atoms with Crippen LogP contribution in [0.2, 0.25) is 0 Å². The molecular formula is C20H27NO3. The van der Waals surface area contributed by atoms with Gasteiger partial charge in [0.25, 0.3) is 0 Å². The first-order valence-electron chi connectivity index (χ1n) is 8.58. The van der Waals surface area contributed by atoms with E-state index in [0.29, 0.717) is 12.1 Å². The normalized spacial score (nSPS) is 18.6. The predicted octanol–water partition coefficient (Wildman–Crippen LogP) is 4.41. The minimum atomic E-state index is -0.945. The summed E-state index contributed by atoms with van der Waals surface area (Å²) >= 11 is 0. The minimum absolute atomic E-state index is 0.131. The topological polar surface area (TPSA) is 66.4 Å². The number of benzene rings is 1. The Labute approximate surface area is 144 Å². The number of carbonyl (C=O) groups excluding carboxylic acids is 1. The van der Waals surface area contributed by atoms with Gasteiger partial charge in [0.15, 0.2) is 0 Å². The second kappa shape index (κ2) is 7.20. The number of hydrogen-bond acceptors (Lipinski definition) is 2. The fourth-order valence-electron chi connectivity index (χ4n) is 2.92. The van der Waals surface area contributed by atoms with E-state index in [1.807, 2.05) is 38.1 Å². The molecule has 0 saturated heterocycles. The third-order valence-electron chi connectivity index (χ3n) is 4.87. The highest BCUT2D eigenvalue weighted by Gasteiger charge is 2.39. The third kappa shape index (κ3) is 4.47. The lowest BCUT2D eigenvalue weighted by Gasteiger charge is -2.24. The molecule has 1 aliphatic rings. The summed E-state index contributed by atoms with van der Waals surface area (Å²) < 4.78 is 0. The van der Waals surface area contributed by atoms with E-state index >= 15 is 0 Å². The van der Waals surface area contributed by atoms with Crippen molar-refractivity contribution in [3.8, 4) is 0 Å². The molecule has 24 heavy (non-hydrogen) atoms. The Kier molecular flexibility index (Phi) is 5.47. The molecule has 1 aromatic rings. The van der Waals surface area contributed by atoms with Crippen LogP contribution in [0.4, 0.5) is 5.69 Å². The first-order chi connectivity index (χ1) is 11.3. The first kappa shape index (κ1) is 18.2. The van der Waals surface area contributed by atoms with Gasteiger partial charge in [-0.3, -0.25) is 9.59 Å². The molecule has 0 aromatic heterocycles. The molecule has 2 rings (SSSR count). The Bertz CT molecular complexity index is 641. The Morgan fingerprint density at radius 2 is 1.88 bits per heavy atom. The van der Waals surface area contributed by atoms with E-state index in [-0.39, 0.29) is 11.3 Å². The average molecular weight is 329 g/mol. The van der Waals surface area contributed by atoms with Crippen molar-refractivity contribution >= 4 is 17.6 Å². The molecular weight excluding hydrogens is 302 g/mol. The highest BCUT2D eigenvalue weighted by molar-refractivity contribution is 5.97. The van der Waals surface area contributed by atoms with Gasteiger partial charge in [0, 0.05) is 5.69 Å². The van der Waals surface area contributed by atoms with Crippen molar-refractivity contribution in [2.75, 3.05) is 5.32 Å². The quantitative estimate of drug-likeness (QED) is 0.728. The molecule has 4 nitrogen and oxygen atoms in total. The van der Waals surface area contributed by atoms with Gasteiger partial charge in [0.2, 0.25) is 5.91 Å². The zero-order valence-corrected chi connectivity index (χ0v) is 14.9. The van der Waals surface area contributed by atoms with Gasteiger partial charge in [-0.25, -0.2) is 0 Å². The van der Waals surface area contributed by atoms with Crippen molar-refractivity contribution in [2.24, 2.45) is 17.3 Å². The van der Waals surface area contributed by atoms with Crippen molar-refractivity contribution in [1.82, 2.24) is 0 Å². The average Bonchev–Trinajstić information content (AvgIpc) is 3.26. The van der Waals surface area contributed by atoms with Crippen LogP contribution in [-0.2, 0) is 9.59 Å². The Morgan fingerprint density at radius 3 is 2.33 bits per heavy atom. The van der Waals surface area contributed by atoms with Gasteiger partial charge in [-0.2, -0.15) is 0 Å². The van der Waals surface area contributed by atoms with Crippen LogP contribution in [-0.4, -0.2) is 17.0 Å². The summed E-state index contributed by atoms with van der Waals surface area (Å²) in [7, 11) is 0.